The molecule has 0 atom stereocenters. The molecule has 0 spiro atoms. The van der Waals surface area contributed by atoms with E-state index in [4.69, 9.17) is 22.0 Å². The topological polar surface area (TPSA) is 145 Å². The normalized spacial score (nSPS) is 14.2. The molecule has 0 amide bonds. The Balaban J connectivity index is 4.32. The van der Waals surface area contributed by atoms with Gasteiger partial charge in [-0.05, 0) is 0 Å². The van der Waals surface area contributed by atoms with Gasteiger partial charge in [-0.15, -0.1) is 0 Å². The molecule has 8 nitrogen and oxygen atoms in total. The van der Waals surface area contributed by atoms with Gasteiger partial charge in [-0.2, -0.15) is 8.15 Å². The zero-order valence-corrected chi connectivity index (χ0v) is 9.93. The van der Waals surface area contributed by atoms with Gasteiger partial charge in [0.05, 0.1) is 0 Å². The van der Waals surface area contributed by atoms with E-state index in [0.29, 0.717) is 0 Å². The Hall–Kier alpha value is 0.570. The Labute approximate surface area is 81.3 Å². The minimum absolute atomic E-state index is 0.754. The molecule has 80 valence electrons. The Kier molecular flexibility index (Phi) is 4.59. The van der Waals surface area contributed by atoms with Crippen molar-refractivity contribution in [2.45, 2.75) is 0 Å². The molecule has 0 heterocycles. The molecule has 0 aliphatic rings. The van der Waals surface area contributed by atoms with Gasteiger partial charge in [0.25, 0.3) is 15.2 Å². The molecule has 11 heteroatoms. The fourth-order valence-electron chi connectivity index (χ4n) is 0.285. The Morgan fingerprint density at radius 3 is 1.31 bits per heavy atom. The summed E-state index contributed by atoms with van der Waals surface area (Å²) >= 11 is 0.754. The van der Waals surface area contributed by atoms with Crippen LogP contribution in [0.4, 0.5) is 0 Å². The summed E-state index contributed by atoms with van der Waals surface area (Å²) in [7, 11) is -3.94. The van der Waals surface area contributed by atoms with Crippen molar-refractivity contribution in [2.75, 3.05) is 14.1 Å². The molecule has 13 heavy (non-hydrogen) atoms. The van der Waals surface area contributed by atoms with Gasteiger partial charge < -0.3 is 0 Å². The molecule has 0 saturated heterocycles. The molecule has 0 unspecified atom stereocenters. The summed E-state index contributed by atoms with van der Waals surface area (Å²) < 4.78 is 24.2. The predicted molar refractivity (Wildman–Crippen MR) is 55.1 cm³/mol. The van der Waals surface area contributed by atoms with E-state index in [1.54, 1.807) is 0 Å². The van der Waals surface area contributed by atoms with E-state index in [2.05, 4.69) is 0 Å². The molecule has 0 aliphatic heterocycles. The third-order valence-corrected chi connectivity index (χ3v) is 5.32. The van der Waals surface area contributed by atoms with E-state index in [1.807, 2.05) is 0 Å². The highest BCUT2D eigenvalue weighted by molar-refractivity contribution is 8.03. The Morgan fingerprint density at radius 2 is 1.15 bits per heavy atom. The highest BCUT2D eigenvalue weighted by Crippen LogP contribution is 2.44. The van der Waals surface area contributed by atoms with Crippen LogP contribution in [0.25, 0.3) is 0 Å². The van der Waals surface area contributed by atoms with Crippen LogP contribution in [0.15, 0.2) is 0 Å². The first kappa shape index (κ1) is 13.6. The first-order valence-electron chi connectivity index (χ1n) is 3.06. The summed E-state index contributed by atoms with van der Waals surface area (Å²) in [4.78, 5) is 0. The smallest absolute Gasteiger partial charge is 0.270 e. The lowest BCUT2D eigenvalue weighted by atomic mass is 11.6. The van der Waals surface area contributed by atoms with Crippen molar-refractivity contribution in [3.63, 3.8) is 0 Å². The van der Waals surface area contributed by atoms with Crippen molar-refractivity contribution >= 4 is 27.3 Å². The summed E-state index contributed by atoms with van der Waals surface area (Å²) in [5.41, 5.74) is 20.4. The summed E-state index contributed by atoms with van der Waals surface area (Å²) in [6.07, 6.45) is 0. The maximum Gasteiger partial charge on any atom is 0.286 e. The second-order valence-electron chi connectivity index (χ2n) is 2.36. The Bertz CT molecular complexity index is 233. The molecule has 0 bridgehead atoms. The summed E-state index contributed by atoms with van der Waals surface area (Å²) in [6, 6.07) is 0. The van der Waals surface area contributed by atoms with Crippen molar-refractivity contribution in [3.05, 3.63) is 0 Å². The Morgan fingerprint density at radius 1 is 0.923 bits per heavy atom. The summed E-state index contributed by atoms with van der Waals surface area (Å²) in [5, 5.41) is 0. The second-order valence-corrected chi connectivity index (χ2v) is 8.04. The van der Waals surface area contributed by atoms with Crippen LogP contribution in [0.5, 0.6) is 0 Å². The molecule has 0 aromatic heterocycles. The van der Waals surface area contributed by atoms with E-state index >= 15 is 0 Å². The van der Waals surface area contributed by atoms with Crippen LogP contribution in [-0.2, 0) is 9.13 Å². The molecule has 0 saturated carbocycles. The third-order valence-electron chi connectivity index (χ3n) is 1.12. The minimum atomic E-state index is -3.36. The average molecular weight is 248 g/mol. The van der Waals surface area contributed by atoms with Crippen LogP contribution in [0.1, 0.15) is 0 Å². The van der Waals surface area contributed by atoms with Gasteiger partial charge in [-0.25, -0.2) is 0 Å². The van der Waals surface area contributed by atoms with E-state index in [-0.39, 0.29) is 0 Å². The van der Waals surface area contributed by atoms with Gasteiger partial charge in [0.15, 0.2) is 0 Å². The van der Waals surface area contributed by atoms with Gasteiger partial charge in [0, 0.05) is 26.2 Å². The number of hydrogen-bond donors (Lipinski definition) is 4. The largest absolute Gasteiger partial charge is 0.286 e. The molecular weight excluding hydrogens is 234 g/mol. The lowest BCUT2D eigenvalue weighted by Crippen LogP contribution is -2.26. The third kappa shape index (κ3) is 5.11. The monoisotopic (exact) mass is 248 g/mol. The fraction of sp³-hybridized carbons (Fsp3) is 1.00. The maximum atomic E-state index is 11.0. The van der Waals surface area contributed by atoms with Crippen LogP contribution in [0.2, 0.25) is 0 Å². The van der Waals surface area contributed by atoms with Crippen molar-refractivity contribution < 1.29 is 9.13 Å². The van der Waals surface area contributed by atoms with Gasteiger partial charge in [-0.1, -0.05) is 0 Å². The fourth-order valence-corrected chi connectivity index (χ4v) is 2.37. The molecule has 0 aromatic rings. The SMILES string of the molecule is CN(SN(C)P(N)(N)=O)P(N)(N)=O. The number of nitrogens with zero attached hydrogens (tertiary/aromatic N) is 2. The van der Waals surface area contributed by atoms with Gasteiger partial charge >= 0.3 is 0 Å². The zero-order chi connectivity index (χ0) is 10.9. The van der Waals surface area contributed by atoms with Crippen molar-refractivity contribution in [1.82, 2.24) is 8.15 Å². The van der Waals surface area contributed by atoms with Crippen LogP contribution >= 0.6 is 27.3 Å². The van der Waals surface area contributed by atoms with E-state index in [9.17, 15) is 9.13 Å². The quantitative estimate of drug-likeness (QED) is 0.380. The first-order valence-corrected chi connectivity index (χ1v) is 7.38. The predicted octanol–water partition coefficient (Wildman–Crippen LogP) is -0.536. The van der Waals surface area contributed by atoms with Gasteiger partial charge in [0.1, 0.15) is 0 Å². The first-order chi connectivity index (χ1) is 5.55. The molecule has 0 aromatic carbocycles. The van der Waals surface area contributed by atoms with Crippen molar-refractivity contribution in [2.24, 2.45) is 22.0 Å². The highest BCUT2D eigenvalue weighted by atomic mass is 32.2. The summed E-state index contributed by atoms with van der Waals surface area (Å²) in [5.74, 6) is 0. The summed E-state index contributed by atoms with van der Waals surface area (Å²) in [6.45, 7) is 0. The van der Waals surface area contributed by atoms with Crippen LogP contribution in [0.3, 0.4) is 0 Å². The number of hydrogen-bond acceptors (Lipinski definition) is 3. The second kappa shape index (κ2) is 4.39. The van der Waals surface area contributed by atoms with Crippen LogP contribution in [-0.4, -0.2) is 22.2 Å². The van der Waals surface area contributed by atoms with Crippen LogP contribution in [0, 0.1) is 0 Å². The zero-order valence-electron chi connectivity index (χ0n) is 7.32. The molecular formula is C2H14N6O2P2S. The average Bonchev–Trinajstić information content (AvgIpc) is 1.82. The van der Waals surface area contributed by atoms with Crippen LogP contribution < -0.4 is 22.0 Å². The lowest BCUT2D eigenvalue weighted by molar-refractivity contribution is 0.543. The molecule has 0 fully saturated rings. The highest BCUT2D eigenvalue weighted by Gasteiger charge is 2.25. The van der Waals surface area contributed by atoms with Crippen molar-refractivity contribution in [1.29, 1.82) is 0 Å². The molecule has 8 N–H and O–H groups in total. The number of nitrogens with two attached hydrogens (primary N) is 4. The maximum absolute atomic E-state index is 11.0. The van der Waals surface area contributed by atoms with Crippen molar-refractivity contribution in [3.8, 4) is 0 Å². The van der Waals surface area contributed by atoms with Gasteiger partial charge in [-0.3, -0.25) is 31.1 Å². The number of rotatable bonds is 4. The van der Waals surface area contributed by atoms with E-state index < -0.39 is 15.2 Å². The lowest BCUT2D eigenvalue weighted by Gasteiger charge is -2.25. The standard InChI is InChI=1S/C2H14N6O2P2S/c1-7(11(3,4)9)13-8(2)12(5,6)10/h1-2H3,(H4,3,4,9)(H4,5,6,10). The van der Waals surface area contributed by atoms with E-state index in [0.717, 1.165) is 20.3 Å². The molecule has 0 rings (SSSR count). The minimum Gasteiger partial charge on any atom is -0.270 e. The molecule has 0 aliphatic carbocycles. The van der Waals surface area contributed by atoms with Gasteiger partial charge in [0.2, 0.25) is 0 Å². The molecule has 0 radical (unpaired) electrons. The van der Waals surface area contributed by atoms with E-state index in [1.165, 1.54) is 14.1 Å².